The number of aliphatic hydroxyl groups excluding tert-OH is 8. The third kappa shape index (κ3) is 14.9. The van der Waals surface area contributed by atoms with Crippen molar-refractivity contribution in [2.45, 2.75) is 191 Å². The van der Waals surface area contributed by atoms with Crippen molar-refractivity contribution in [1.82, 2.24) is 4.90 Å². The molecule has 0 saturated carbocycles. The van der Waals surface area contributed by atoms with E-state index in [9.17, 15) is 50.4 Å². The van der Waals surface area contributed by atoms with E-state index in [1.165, 1.54) is 4.90 Å². The van der Waals surface area contributed by atoms with Crippen molar-refractivity contribution in [1.29, 1.82) is 0 Å². The van der Waals surface area contributed by atoms with E-state index < -0.39 is 61.5 Å². The van der Waals surface area contributed by atoms with Crippen molar-refractivity contribution < 1.29 is 59.9 Å². The van der Waals surface area contributed by atoms with Crippen LogP contribution in [0.3, 0.4) is 0 Å². The van der Waals surface area contributed by atoms with Gasteiger partial charge in [0.05, 0.1) is 31.0 Å². The maximum Gasteiger partial charge on any atom is 0.261 e. The van der Waals surface area contributed by atoms with Gasteiger partial charge in [-0.3, -0.25) is 9.59 Å². The van der Waals surface area contributed by atoms with Gasteiger partial charge in [0.15, 0.2) is 12.1 Å². The topological polar surface area (TPSA) is 218 Å². The van der Waals surface area contributed by atoms with Crippen LogP contribution in [0.1, 0.15) is 136 Å². The summed E-state index contributed by atoms with van der Waals surface area (Å²) in [6.45, 7) is 4.01. The van der Waals surface area contributed by atoms with Gasteiger partial charge in [0, 0.05) is 25.5 Å². The molecule has 0 spiro atoms. The van der Waals surface area contributed by atoms with Crippen LogP contribution in [0.4, 0.5) is 0 Å². The highest BCUT2D eigenvalue weighted by Gasteiger charge is 2.50. The second kappa shape index (κ2) is 24.6. The molecule has 0 aromatic heterocycles. The van der Waals surface area contributed by atoms with Gasteiger partial charge in [0.25, 0.3) is 5.91 Å². The largest absolute Gasteiger partial charge is 0.511 e. The minimum absolute atomic E-state index is 0.0797. The van der Waals surface area contributed by atoms with Gasteiger partial charge < -0.3 is 55.2 Å². The fraction of sp³-hybridized carbons (Fsp3) is 0.854. The number of hydrogen-bond acceptors (Lipinski definition) is 12. The molecule has 8 N–H and O–H groups in total. The average Bonchev–Trinajstić information content (AvgIpc) is 3.64. The van der Waals surface area contributed by atoms with Crippen LogP contribution in [0, 0.1) is 11.8 Å². The third-order valence-electron chi connectivity index (χ3n) is 11.3. The maximum absolute atomic E-state index is 12.7. The summed E-state index contributed by atoms with van der Waals surface area (Å²) < 4.78 is 10.8. The first kappa shape index (κ1) is 46.4. The first-order valence-corrected chi connectivity index (χ1v) is 20.7. The van der Waals surface area contributed by atoms with Crippen molar-refractivity contribution in [2.75, 3.05) is 19.8 Å². The smallest absolute Gasteiger partial charge is 0.261 e. The molecule has 0 unspecified atom stereocenters. The van der Waals surface area contributed by atoms with E-state index in [4.69, 9.17) is 9.47 Å². The van der Waals surface area contributed by atoms with Crippen molar-refractivity contribution in [3.8, 4) is 0 Å². The van der Waals surface area contributed by atoms with E-state index in [0.717, 1.165) is 89.9 Å². The lowest BCUT2D eigenvalue weighted by atomic mass is 9.89. The lowest BCUT2D eigenvalue weighted by molar-refractivity contribution is -0.301. The summed E-state index contributed by atoms with van der Waals surface area (Å²) in [7, 11) is 0. The number of Topliss-reactive ketones (excluding diaryl/α,β-unsaturated/α-hetero) is 1. The predicted octanol–water partition coefficient (Wildman–Crippen LogP) is 3.73. The van der Waals surface area contributed by atoms with Crippen LogP contribution in [0.15, 0.2) is 23.5 Å². The van der Waals surface area contributed by atoms with Crippen LogP contribution in [0.25, 0.3) is 0 Å². The number of ketones is 1. The molecule has 54 heavy (non-hydrogen) atoms. The van der Waals surface area contributed by atoms with E-state index in [2.05, 4.69) is 19.1 Å². The molecule has 0 aromatic carbocycles. The molecule has 3 saturated heterocycles. The molecule has 13 heteroatoms. The number of aliphatic hydroxyl groups is 8. The highest BCUT2D eigenvalue weighted by Crippen LogP contribution is 2.34. The molecule has 1 amide bonds. The van der Waals surface area contributed by atoms with E-state index in [0.29, 0.717) is 38.2 Å². The van der Waals surface area contributed by atoms with Gasteiger partial charge in [0.1, 0.15) is 35.7 Å². The molecule has 3 fully saturated rings. The normalized spacial score (nSPS) is 29.2. The number of unbranched alkanes of at least 4 members (excludes halogenated alkanes) is 9. The van der Waals surface area contributed by atoms with E-state index in [1.807, 2.05) is 6.92 Å². The number of amides is 1. The third-order valence-corrected chi connectivity index (χ3v) is 11.3. The molecule has 0 bridgehead atoms. The molecule has 312 valence electrons. The quantitative estimate of drug-likeness (QED) is 0.0197. The van der Waals surface area contributed by atoms with Gasteiger partial charge in [-0.25, -0.2) is 0 Å². The molecular weight excluding hydrogens is 698 g/mol. The van der Waals surface area contributed by atoms with E-state index in [1.54, 1.807) is 0 Å². The number of carbonyl (C=O) groups is 2. The van der Waals surface area contributed by atoms with Gasteiger partial charge in [-0.05, 0) is 63.7 Å². The molecule has 0 aromatic rings. The molecule has 3 aliphatic heterocycles. The molecule has 0 radical (unpaired) electrons. The van der Waals surface area contributed by atoms with Crippen LogP contribution in [-0.4, -0.2) is 132 Å². The first-order valence-electron chi connectivity index (χ1n) is 20.7. The zero-order valence-corrected chi connectivity index (χ0v) is 32.7. The highest BCUT2D eigenvalue weighted by molar-refractivity contribution is 6.27. The summed E-state index contributed by atoms with van der Waals surface area (Å²) in [5.41, 5.74) is -0.0797. The predicted molar refractivity (Wildman–Crippen MR) is 203 cm³/mol. The summed E-state index contributed by atoms with van der Waals surface area (Å²) in [5, 5.41) is 80.1. The SMILES string of the molecule is C[C@H](CCCCCCC/C=C/C[C@H](O)CCC[C@H](O)CCCCCCCO[C@@H]1O[C@H](CO)[C@@H](O)[C@H](O)[C@@H]1O)C[C@H](C)/C(O)=C1/C(=O)[C@@H]2C[C@@H](O)CN2C1=O. The van der Waals surface area contributed by atoms with Gasteiger partial charge in [0.2, 0.25) is 0 Å². The Balaban J connectivity index is 1.09. The van der Waals surface area contributed by atoms with E-state index in [-0.39, 0.29) is 42.1 Å². The fourth-order valence-electron chi connectivity index (χ4n) is 7.94. The van der Waals surface area contributed by atoms with Crippen molar-refractivity contribution >= 4 is 11.7 Å². The van der Waals surface area contributed by atoms with Crippen LogP contribution in [0.2, 0.25) is 0 Å². The van der Waals surface area contributed by atoms with Crippen LogP contribution in [0.5, 0.6) is 0 Å². The van der Waals surface area contributed by atoms with Crippen molar-refractivity contribution in [3.05, 3.63) is 23.5 Å². The van der Waals surface area contributed by atoms with Gasteiger partial charge in [-0.1, -0.05) is 83.8 Å². The first-order chi connectivity index (χ1) is 25.8. The van der Waals surface area contributed by atoms with Crippen LogP contribution in [-0.2, 0) is 19.1 Å². The molecule has 3 rings (SSSR count). The molecular formula is C41H71NO12. The Bertz CT molecular complexity index is 1140. The van der Waals surface area contributed by atoms with Gasteiger partial charge in [-0.2, -0.15) is 0 Å². The summed E-state index contributed by atoms with van der Waals surface area (Å²) in [5.74, 6) is -0.808. The Kier molecular flexibility index (Phi) is 21.2. The number of fused-ring (bicyclic) bond motifs is 1. The Morgan fingerprint density at radius 2 is 1.44 bits per heavy atom. The number of allylic oxidation sites excluding steroid dienone is 2. The van der Waals surface area contributed by atoms with E-state index >= 15 is 0 Å². The molecule has 3 heterocycles. The second-order valence-corrected chi connectivity index (χ2v) is 16.1. The zero-order valence-electron chi connectivity index (χ0n) is 32.7. The number of ether oxygens (including phenoxy) is 2. The Morgan fingerprint density at radius 3 is 2.15 bits per heavy atom. The van der Waals surface area contributed by atoms with Crippen molar-refractivity contribution in [3.63, 3.8) is 0 Å². The monoisotopic (exact) mass is 769 g/mol. The highest BCUT2D eigenvalue weighted by atomic mass is 16.7. The summed E-state index contributed by atoms with van der Waals surface area (Å²) >= 11 is 0. The molecule has 11 atom stereocenters. The Hall–Kier alpha value is -1.94. The average molecular weight is 770 g/mol. The zero-order chi connectivity index (χ0) is 39.6. The molecule has 0 aliphatic carbocycles. The number of carbonyl (C=O) groups excluding carboxylic acids is 2. The fourth-order valence-corrected chi connectivity index (χ4v) is 7.94. The van der Waals surface area contributed by atoms with Gasteiger partial charge in [-0.15, -0.1) is 0 Å². The molecule has 3 aliphatic rings. The maximum atomic E-state index is 12.7. The molecule has 13 nitrogen and oxygen atoms in total. The van der Waals surface area contributed by atoms with Crippen LogP contribution >= 0.6 is 0 Å². The summed E-state index contributed by atoms with van der Waals surface area (Å²) in [6, 6.07) is -0.630. The Morgan fingerprint density at radius 1 is 0.815 bits per heavy atom. The Labute approximate surface area is 322 Å². The van der Waals surface area contributed by atoms with Crippen molar-refractivity contribution in [2.24, 2.45) is 11.8 Å². The van der Waals surface area contributed by atoms with Crippen LogP contribution < -0.4 is 0 Å². The van der Waals surface area contributed by atoms with Gasteiger partial charge >= 0.3 is 0 Å². The summed E-state index contributed by atoms with van der Waals surface area (Å²) in [6.07, 6.45) is 13.2. The minimum Gasteiger partial charge on any atom is -0.511 e. The lowest BCUT2D eigenvalue weighted by Gasteiger charge is -2.39. The number of rotatable bonds is 27. The lowest BCUT2D eigenvalue weighted by Crippen LogP contribution is -2.59. The number of hydrogen-bond donors (Lipinski definition) is 8. The summed E-state index contributed by atoms with van der Waals surface area (Å²) in [4.78, 5) is 26.7. The standard InChI is InChI=1S/C41H71NO12/c1-27(23-28(2)35(47)34-36(48)32-24-31(46)25-42(32)40(34)52)17-12-8-5-3-4-6-9-13-18-29(44)20-16-21-30(45)19-14-10-7-11-15-22-53-41-39(51)38(50)37(49)33(26-43)54-41/h9,13,27-33,37-39,41,43-47,49-51H,3-8,10-12,14-26H2,1-2H3/b13-9+,35-34+/t27-,28+,29+,30-,31-,32+,33-,37-,38+,39+,41-/m1/s1. The number of nitrogens with zero attached hydrogens (tertiary/aromatic N) is 1. The minimum atomic E-state index is -1.44. The second-order valence-electron chi connectivity index (χ2n) is 16.1.